The molecule has 2 aromatic carbocycles. The van der Waals surface area contributed by atoms with Gasteiger partial charge in [-0.3, -0.25) is 0 Å². The normalized spacial score (nSPS) is 25.7. The van der Waals surface area contributed by atoms with Gasteiger partial charge < -0.3 is 4.43 Å². The summed E-state index contributed by atoms with van der Waals surface area (Å²) in [6.07, 6.45) is 6.55. The molecule has 4 rings (SSSR count). The van der Waals surface area contributed by atoms with Crippen molar-refractivity contribution in [2.45, 2.75) is 56.5 Å². The average molecular weight is 503 g/mol. The van der Waals surface area contributed by atoms with Crippen LogP contribution in [0, 0.1) is 18.8 Å². The molecule has 2 aromatic rings. The molecule has 1 aliphatic heterocycles. The van der Waals surface area contributed by atoms with Crippen molar-refractivity contribution in [3.63, 3.8) is 0 Å². The van der Waals surface area contributed by atoms with Crippen LogP contribution < -0.4 is 5.19 Å². The maximum absolute atomic E-state index is 13.7. The second kappa shape index (κ2) is 9.05. The van der Waals surface area contributed by atoms with Gasteiger partial charge in [-0.05, 0) is 43.7 Å². The Morgan fingerprint density at radius 2 is 1.70 bits per heavy atom. The molecule has 0 amide bonds. The Hall–Kier alpha value is -1.30. The molecule has 5 unspecified atom stereocenters. The lowest BCUT2D eigenvalue weighted by molar-refractivity contribution is 0.159. The summed E-state index contributed by atoms with van der Waals surface area (Å²) in [5.41, 5.74) is 1.06. The molecular weight excluding hydrogens is 465 g/mol. The van der Waals surface area contributed by atoms with E-state index in [1.54, 1.807) is 16.4 Å². The van der Waals surface area contributed by atoms with Crippen molar-refractivity contribution in [2.24, 2.45) is 11.8 Å². The van der Waals surface area contributed by atoms with Gasteiger partial charge in [0.1, 0.15) is 0 Å². The largest absolute Gasteiger partial charge is 0.467 e. The second-order valence-corrected chi connectivity index (χ2v) is 21.9. The third-order valence-corrected chi connectivity index (χ3v) is 20.4. The third kappa shape index (κ3) is 4.65. The van der Waals surface area contributed by atoms with E-state index in [1.165, 1.54) is 5.19 Å². The first kappa shape index (κ1) is 24.8. The number of aryl methyl sites for hydroxylation is 1. The highest BCUT2D eigenvalue weighted by atomic mass is 32.2. The Kier molecular flexibility index (Phi) is 6.80. The van der Waals surface area contributed by atoms with Gasteiger partial charge in [-0.2, -0.15) is 4.31 Å². The van der Waals surface area contributed by atoms with Gasteiger partial charge >= 0.3 is 7.98 Å². The number of nitrogens with zero attached hydrogens (tertiary/aromatic N) is 1. The molecule has 1 saturated carbocycles. The molecule has 0 N–H and O–H groups in total. The summed E-state index contributed by atoms with van der Waals surface area (Å²) in [6, 6.07) is 17.7. The number of sulfonamides is 1. The Morgan fingerprint density at radius 1 is 1.06 bits per heavy atom. The minimum atomic E-state index is -3.56. The lowest BCUT2D eigenvalue weighted by Crippen LogP contribution is -2.57. The minimum absolute atomic E-state index is 0.0615. The minimum Gasteiger partial charge on any atom is -0.375 e. The summed E-state index contributed by atoms with van der Waals surface area (Å²) in [5, 5.41) is 1.20. The van der Waals surface area contributed by atoms with Gasteiger partial charge in [0.25, 0.3) is 0 Å². The van der Waals surface area contributed by atoms with Crippen molar-refractivity contribution >= 4 is 36.6 Å². The van der Waals surface area contributed by atoms with E-state index in [1.807, 2.05) is 25.1 Å². The van der Waals surface area contributed by atoms with E-state index >= 15 is 0 Å². The number of fused-ring (bicyclic) bond motifs is 1. The van der Waals surface area contributed by atoms with E-state index in [-0.39, 0.29) is 11.1 Å². The highest BCUT2D eigenvalue weighted by Gasteiger charge is 2.61. The van der Waals surface area contributed by atoms with Gasteiger partial charge in [0.2, 0.25) is 10.0 Å². The molecule has 0 aromatic heterocycles. The van der Waals surface area contributed by atoms with Crippen molar-refractivity contribution in [3.05, 3.63) is 60.2 Å². The van der Waals surface area contributed by atoms with Crippen molar-refractivity contribution < 1.29 is 12.8 Å². The summed E-state index contributed by atoms with van der Waals surface area (Å²) >= 11 is 0. The number of hydrogen-bond acceptors (Lipinski definition) is 3. The third-order valence-electron chi connectivity index (χ3n) is 7.30. The van der Waals surface area contributed by atoms with Gasteiger partial charge in [-0.15, -0.1) is 0 Å². The van der Waals surface area contributed by atoms with Gasteiger partial charge in [-0.25, -0.2) is 8.42 Å². The first-order valence-corrected chi connectivity index (χ1v) is 18.0. The molecule has 2 aliphatic rings. The molecule has 1 heterocycles. The maximum Gasteiger partial charge on any atom is 0.467 e. The van der Waals surface area contributed by atoms with E-state index < -0.39 is 25.1 Å². The fraction of sp³-hybridized carbons (Fsp3) is 0.500. The molecular formula is C26H37NO3PSSi+. The Morgan fingerprint density at radius 3 is 2.27 bits per heavy atom. The Bertz CT molecular complexity index is 1110. The molecule has 33 heavy (non-hydrogen) atoms. The molecule has 1 saturated heterocycles. The van der Waals surface area contributed by atoms with Crippen LogP contribution in [0.4, 0.5) is 0 Å². The van der Waals surface area contributed by atoms with Crippen molar-refractivity contribution in [3.8, 4) is 0 Å². The fourth-order valence-corrected chi connectivity index (χ4v) is 17.6. The number of benzene rings is 2. The van der Waals surface area contributed by atoms with Crippen molar-refractivity contribution in [1.82, 2.24) is 4.31 Å². The summed E-state index contributed by atoms with van der Waals surface area (Å²) < 4.78 is 36.1. The van der Waals surface area contributed by atoms with Gasteiger partial charge in [0, 0.05) is 22.8 Å². The lowest BCUT2D eigenvalue weighted by Gasteiger charge is -2.39. The van der Waals surface area contributed by atoms with E-state index in [4.69, 9.17) is 4.43 Å². The highest BCUT2D eigenvalue weighted by Crippen LogP contribution is 2.51. The first-order chi connectivity index (χ1) is 15.5. The zero-order chi connectivity index (χ0) is 24.0. The molecule has 0 spiro atoms. The maximum atomic E-state index is 13.7. The van der Waals surface area contributed by atoms with Crippen LogP contribution in [0.2, 0.25) is 5.04 Å². The number of rotatable bonds is 7. The lowest BCUT2D eigenvalue weighted by atomic mass is 10.1. The van der Waals surface area contributed by atoms with Crippen LogP contribution in [-0.2, 0) is 14.4 Å². The molecule has 4 nitrogen and oxygen atoms in total. The van der Waals surface area contributed by atoms with Crippen LogP contribution in [0.1, 0.15) is 39.2 Å². The summed E-state index contributed by atoms with van der Waals surface area (Å²) in [4.78, 5) is 0.384. The zero-order valence-electron chi connectivity index (χ0n) is 20.5. The molecule has 178 valence electrons. The monoisotopic (exact) mass is 502 g/mol. The summed E-state index contributed by atoms with van der Waals surface area (Å²) in [7, 11) is -6.68. The molecule has 2 fully saturated rings. The van der Waals surface area contributed by atoms with Crippen LogP contribution in [0.3, 0.4) is 0 Å². The quantitative estimate of drug-likeness (QED) is 0.391. The van der Waals surface area contributed by atoms with Crippen molar-refractivity contribution in [2.75, 3.05) is 19.8 Å². The van der Waals surface area contributed by atoms with E-state index in [9.17, 15) is 8.42 Å². The number of piperidine rings is 1. The number of hydrogen-bond donors (Lipinski definition) is 0. The van der Waals surface area contributed by atoms with Gasteiger partial charge in [0.05, 0.1) is 31.6 Å². The molecule has 0 radical (unpaired) electrons. The summed E-state index contributed by atoms with van der Waals surface area (Å²) in [5.74, 6) is 1.13. The van der Waals surface area contributed by atoms with Crippen molar-refractivity contribution in [1.29, 1.82) is 0 Å². The van der Waals surface area contributed by atoms with Crippen LogP contribution in [0.15, 0.2) is 59.5 Å². The standard InChI is InChI=1S/C26H37NO3PSSi/c1-20-12-14-24(15-13-20)32(28,29)27-18-22-16-21(22)17-23(27)19-30-33(31(5)6,26(2,3)4)25-10-8-7-9-11-25/h7-15,21-23H,5,16-19H2,1-4,6H3/q+1. The predicted molar refractivity (Wildman–Crippen MR) is 143 cm³/mol. The Labute approximate surface area is 201 Å². The van der Waals surface area contributed by atoms with Gasteiger partial charge in [0.15, 0.2) is 0 Å². The van der Waals surface area contributed by atoms with E-state index in [2.05, 4.69) is 58.0 Å². The van der Waals surface area contributed by atoms with E-state index in [0.717, 1.165) is 18.4 Å². The topological polar surface area (TPSA) is 46.6 Å². The van der Waals surface area contributed by atoms with Crippen LogP contribution >= 0.6 is 7.09 Å². The SMILES string of the molecule is C=[P+](C)[Si](OCC1CC2CC2CN1S(=O)(=O)c1ccc(C)cc1)(c1ccccc1)C(C)(C)C. The Balaban J connectivity index is 1.66. The average Bonchev–Trinajstić information content (AvgIpc) is 3.52. The fourth-order valence-electron chi connectivity index (χ4n) is 5.48. The van der Waals surface area contributed by atoms with Crippen LogP contribution in [-0.4, -0.2) is 52.9 Å². The van der Waals surface area contributed by atoms with Crippen LogP contribution in [0.25, 0.3) is 0 Å². The molecule has 5 atom stereocenters. The predicted octanol–water partition coefficient (Wildman–Crippen LogP) is 5.10. The van der Waals surface area contributed by atoms with Crippen LogP contribution in [0.5, 0.6) is 0 Å². The van der Waals surface area contributed by atoms with Gasteiger partial charge in [-0.1, -0.05) is 68.8 Å². The first-order valence-electron chi connectivity index (χ1n) is 11.8. The molecule has 1 aliphatic carbocycles. The van der Waals surface area contributed by atoms with E-state index in [0.29, 0.717) is 29.9 Å². The molecule has 0 bridgehead atoms. The molecule has 7 heteroatoms. The smallest absolute Gasteiger partial charge is 0.375 e. The summed E-state index contributed by atoms with van der Waals surface area (Å²) in [6.45, 7) is 12.0. The second-order valence-electron chi connectivity index (χ2n) is 10.8. The highest BCUT2D eigenvalue weighted by molar-refractivity contribution is 7.94. The zero-order valence-corrected chi connectivity index (χ0v) is 23.2.